The molecule has 0 bridgehead atoms. The van der Waals surface area contributed by atoms with Crippen molar-refractivity contribution in [3.63, 3.8) is 0 Å². The van der Waals surface area contributed by atoms with Gasteiger partial charge in [0.2, 0.25) is 0 Å². The van der Waals surface area contributed by atoms with Gasteiger partial charge >= 0.3 is 0 Å². The molecular weight excluding hydrogens is 134 g/mol. The van der Waals surface area contributed by atoms with Crippen molar-refractivity contribution in [3.05, 3.63) is 23.8 Å². The van der Waals surface area contributed by atoms with Crippen molar-refractivity contribution >= 4 is 0 Å². The highest BCUT2D eigenvalue weighted by Gasteiger charge is 2.11. The first-order valence-electron chi connectivity index (χ1n) is 4.29. The quantitative estimate of drug-likeness (QED) is 0.612. The smallest absolute Gasteiger partial charge is 0.00449 e. The van der Waals surface area contributed by atoms with Crippen LogP contribution in [0.3, 0.4) is 0 Å². The Bertz CT molecular complexity index is 169. The van der Waals surface area contributed by atoms with E-state index in [9.17, 15) is 0 Å². The third-order valence-electron chi connectivity index (χ3n) is 2.12. The fourth-order valence-corrected chi connectivity index (χ4v) is 1.50. The second-order valence-corrected chi connectivity index (χ2v) is 3.49. The molecule has 0 spiro atoms. The lowest BCUT2D eigenvalue weighted by molar-refractivity contribution is 0.511. The molecule has 0 heterocycles. The Morgan fingerprint density at radius 3 is 2.55 bits per heavy atom. The highest BCUT2D eigenvalue weighted by molar-refractivity contribution is 5.20. The van der Waals surface area contributed by atoms with Gasteiger partial charge in [-0.1, -0.05) is 23.8 Å². The van der Waals surface area contributed by atoms with Crippen LogP contribution in [-0.2, 0) is 0 Å². The van der Waals surface area contributed by atoms with Crippen LogP contribution in [0.1, 0.15) is 32.6 Å². The van der Waals surface area contributed by atoms with Gasteiger partial charge in [0.25, 0.3) is 0 Å². The minimum absolute atomic E-state index is 0.442. The lowest BCUT2D eigenvalue weighted by atomic mass is 9.90. The first kappa shape index (κ1) is 8.54. The Balaban J connectivity index is 2.45. The highest BCUT2D eigenvalue weighted by Crippen LogP contribution is 2.22. The standard InChI is InChI=1S/C10H17N/c1-8(2)7-9-3-5-10(11)6-4-9/h7,10H,1,3-6,11H2,2H3. The zero-order valence-electron chi connectivity index (χ0n) is 7.27. The molecule has 1 aliphatic carbocycles. The van der Waals surface area contributed by atoms with Crippen molar-refractivity contribution in [3.8, 4) is 0 Å². The Hall–Kier alpha value is -0.560. The maximum atomic E-state index is 5.78. The minimum Gasteiger partial charge on any atom is -0.328 e. The van der Waals surface area contributed by atoms with E-state index in [2.05, 4.69) is 12.7 Å². The van der Waals surface area contributed by atoms with Gasteiger partial charge in [-0.2, -0.15) is 0 Å². The molecule has 0 radical (unpaired) electrons. The summed E-state index contributed by atoms with van der Waals surface area (Å²) in [5.74, 6) is 0. The van der Waals surface area contributed by atoms with E-state index in [1.807, 2.05) is 6.92 Å². The lowest BCUT2D eigenvalue weighted by Crippen LogP contribution is -2.23. The van der Waals surface area contributed by atoms with Gasteiger partial charge in [-0.05, 0) is 32.6 Å². The monoisotopic (exact) mass is 151 g/mol. The topological polar surface area (TPSA) is 26.0 Å². The fourth-order valence-electron chi connectivity index (χ4n) is 1.50. The number of allylic oxidation sites excluding steroid dienone is 3. The average molecular weight is 151 g/mol. The predicted octanol–water partition coefficient (Wildman–Crippen LogP) is 2.39. The summed E-state index contributed by atoms with van der Waals surface area (Å²) in [6, 6.07) is 0.442. The van der Waals surface area contributed by atoms with Crippen LogP contribution in [-0.4, -0.2) is 6.04 Å². The van der Waals surface area contributed by atoms with Gasteiger partial charge in [0.05, 0.1) is 0 Å². The van der Waals surface area contributed by atoms with Gasteiger partial charge in [0.15, 0.2) is 0 Å². The van der Waals surface area contributed by atoms with Crippen molar-refractivity contribution in [2.75, 3.05) is 0 Å². The van der Waals surface area contributed by atoms with Gasteiger partial charge in [-0.3, -0.25) is 0 Å². The third-order valence-corrected chi connectivity index (χ3v) is 2.12. The predicted molar refractivity (Wildman–Crippen MR) is 49.3 cm³/mol. The van der Waals surface area contributed by atoms with Crippen LogP contribution in [0.5, 0.6) is 0 Å². The molecular formula is C10H17N. The summed E-state index contributed by atoms with van der Waals surface area (Å²) in [7, 11) is 0. The molecule has 1 fully saturated rings. The molecule has 11 heavy (non-hydrogen) atoms. The summed E-state index contributed by atoms with van der Waals surface area (Å²) in [5.41, 5.74) is 8.47. The Morgan fingerprint density at radius 2 is 2.09 bits per heavy atom. The average Bonchev–Trinajstić information content (AvgIpc) is 1.93. The summed E-state index contributed by atoms with van der Waals surface area (Å²) >= 11 is 0. The number of nitrogens with two attached hydrogens (primary N) is 1. The maximum absolute atomic E-state index is 5.78. The zero-order valence-corrected chi connectivity index (χ0v) is 7.27. The van der Waals surface area contributed by atoms with Crippen molar-refractivity contribution in [1.29, 1.82) is 0 Å². The van der Waals surface area contributed by atoms with Gasteiger partial charge < -0.3 is 5.73 Å². The largest absolute Gasteiger partial charge is 0.328 e. The molecule has 0 aliphatic heterocycles. The maximum Gasteiger partial charge on any atom is 0.00449 e. The van der Waals surface area contributed by atoms with Crippen molar-refractivity contribution < 1.29 is 0 Å². The first-order chi connectivity index (χ1) is 5.18. The van der Waals surface area contributed by atoms with E-state index in [0.717, 1.165) is 18.4 Å². The van der Waals surface area contributed by atoms with E-state index < -0.39 is 0 Å². The molecule has 1 nitrogen and oxygen atoms in total. The van der Waals surface area contributed by atoms with Crippen molar-refractivity contribution in [2.24, 2.45) is 5.73 Å². The summed E-state index contributed by atoms with van der Waals surface area (Å²) in [5, 5.41) is 0. The SMILES string of the molecule is C=C(C)C=C1CCC(N)CC1. The van der Waals surface area contributed by atoms with Crippen LogP contribution in [0.2, 0.25) is 0 Å². The summed E-state index contributed by atoms with van der Waals surface area (Å²) in [4.78, 5) is 0. The molecule has 1 heteroatoms. The molecule has 0 aromatic heterocycles. The molecule has 62 valence electrons. The van der Waals surface area contributed by atoms with Crippen LogP contribution in [0.15, 0.2) is 23.8 Å². The molecule has 1 saturated carbocycles. The van der Waals surface area contributed by atoms with Gasteiger partial charge in [0.1, 0.15) is 0 Å². The Kier molecular flexibility index (Phi) is 2.89. The third kappa shape index (κ3) is 2.89. The summed E-state index contributed by atoms with van der Waals surface area (Å²) in [6.07, 6.45) is 6.85. The van der Waals surface area contributed by atoms with Gasteiger partial charge in [0, 0.05) is 6.04 Å². The number of hydrogen-bond donors (Lipinski definition) is 1. The molecule has 2 N–H and O–H groups in total. The number of rotatable bonds is 1. The molecule has 1 rings (SSSR count). The summed E-state index contributed by atoms with van der Waals surface area (Å²) < 4.78 is 0. The highest BCUT2D eigenvalue weighted by atomic mass is 14.6. The lowest BCUT2D eigenvalue weighted by Gasteiger charge is -2.19. The Labute approximate surface area is 69.0 Å². The summed E-state index contributed by atoms with van der Waals surface area (Å²) in [6.45, 7) is 5.90. The van der Waals surface area contributed by atoms with E-state index in [1.165, 1.54) is 18.4 Å². The van der Waals surface area contributed by atoms with Crippen LogP contribution in [0.25, 0.3) is 0 Å². The van der Waals surface area contributed by atoms with Crippen LogP contribution >= 0.6 is 0 Å². The van der Waals surface area contributed by atoms with Crippen LogP contribution < -0.4 is 5.73 Å². The molecule has 0 unspecified atom stereocenters. The first-order valence-corrected chi connectivity index (χ1v) is 4.29. The zero-order chi connectivity index (χ0) is 8.27. The fraction of sp³-hybridized carbons (Fsp3) is 0.600. The van der Waals surface area contributed by atoms with Crippen LogP contribution in [0, 0.1) is 0 Å². The van der Waals surface area contributed by atoms with Crippen molar-refractivity contribution in [2.45, 2.75) is 38.6 Å². The van der Waals surface area contributed by atoms with Crippen molar-refractivity contribution in [1.82, 2.24) is 0 Å². The Morgan fingerprint density at radius 1 is 1.55 bits per heavy atom. The minimum atomic E-state index is 0.442. The van der Waals surface area contributed by atoms with E-state index >= 15 is 0 Å². The van der Waals surface area contributed by atoms with Gasteiger partial charge in [-0.15, -0.1) is 0 Å². The normalized spacial score (nSPS) is 24.9. The van der Waals surface area contributed by atoms with Crippen LogP contribution in [0.4, 0.5) is 0 Å². The van der Waals surface area contributed by atoms with Gasteiger partial charge in [-0.25, -0.2) is 0 Å². The molecule has 0 atom stereocenters. The molecule has 0 aromatic rings. The molecule has 0 amide bonds. The van der Waals surface area contributed by atoms with E-state index in [0.29, 0.717) is 6.04 Å². The number of hydrogen-bond acceptors (Lipinski definition) is 1. The van der Waals surface area contributed by atoms with E-state index in [1.54, 1.807) is 0 Å². The second-order valence-electron chi connectivity index (χ2n) is 3.49. The molecule has 0 saturated heterocycles. The molecule has 0 aromatic carbocycles. The van der Waals surface area contributed by atoms with E-state index in [4.69, 9.17) is 5.73 Å². The molecule has 1 aliphatic rings. The van der Waals surface area contributed by atoms with E-state index in [-0.39, 0.29) is 0 Å². The second kappa shape index (κ2) is 3.72.